The van der Waals surface area contributed by atoms with Gasteiger partial charge in [0.25, 0.3) is 11.3 Å². The molecule has 2 atom stereocenters. The lowest BCUT2D eigenvalue weighted by molar-refractivity contribution is -0.139. The van der Waals surface area contributed by atoms with Gasteiger partial charge < -0.3 is 9.84 Å². The van der Waals surface area contributed by atoms with E-state index in [1.165, 1.54) is 9.87 Å². The highest BCUT2D eigenvalue weighted by Gasteiger charge is 2.32. The highest BCUT2D eigenvalue weighted by atomic mass is 32.2. The molecule has 0 radical (unpaired) electrons. The van der Waals surface area contributed by atoms with Crippen LogP contribution < -0.4 is 9.04 Å². The Hall–Kier alpha value is -3.23. The van der Waals surface area contributed by atoms with Gasteiger partial charge in [0.05, 0.1) is 6.04 Å². The highest BCUT2D eigenvalue weighted by Crippen LogP contribution is 2.41. The van der Waals surface area contributed by atoms with Crippen LogP contribution in [0, 0.1) is 0 Å². The van der Waals surface area contributed by atoms with Crippen LogP contribution in [0.1, 0.15) is 55.3 Å². The SMILES string of the molecule is CC(C)c1cccc(-c2ccc(N(C3CCCc4c(OCC(=O)O)cccc43)S(=O)O)nc2)c1. The first-order valence-corrected chi connectivity index (χ1v) is 12.3. The summed E-state index contributed by atoms with van der Waals surface area (Å²) in [6, 6.07) is 17.0. The van der Waals surface area contributed by atoms with E-state index in [1.807, 2.05) is 24.3 Å². The summed E-state index contributed by atoms with van der Waals surface area (Å²) in [5, 5.41) is 8.97. The summed E-state index contributed by atoms with van der Waals surface area (Å²) in [4.78, 5) is 15.5. The Kier molecular flexibility index (Phi) is 7.29. The molecule has 0 aliphatic heterocycles. The van der Waals surface area contributed by atoms with Gasteiger partial charge in [0.15, 0.2) is 6.61 Å². The largest absolute Gasteiger partial charge is 0.482 e. The zero-order valence-corrected chi connectivity index (χ0v) is 20.0. The lowest BCUT2D eigenvalue weighted by Crippen LogP contribution is -2.33. The Morgan fingerprint density at radius 3 is 2.65 bits per heavy atom. The molecule has 0 fully saturated rings. The van der Waals surface area contributed by atoms with Crippen molar-refractivity contribution in [1.29, 1.82) is 0 Å². The zero-order chi connectivity index (χ0) is 24.2. The molecule has 0 amide bonds. The molecule has 0 bridgehead atoms. The maximum atomic E-state index is 12.5. The maximum absolute atomic E-state index is 12.5. The lowest BCUT2D eigenvalue weighted by Gasteiger charge is -2.34. The van der Waals surface area contributed by atoms with E-state index in [0.717, 1.165) is 28.7 Å². The van der Waals surface area contributed by atoms with E-state index in [-0.39, 0.29) is 6.04 Å². The number of aromatic nitrogens is 1. The highest BCUT2D eigenvalue weighted by molar-refractivity contribution is 7.80. The Balaban J connectivity index is 1.65. The first kappa shape index (κ1) is 23.9. The number of hydrogen-bond acceptors (Lipinski definition) is 4. The number of benzene rings is 2. The van der Waals surface area contributed by atoms with Crippen molar-refractivity contribution in [1.82, 2.24) is 4.98 Å². The molecule has 1 heterocycles. The van der Waals surface area contributed by atoms with Gasteiger partial charge in [-0.3, -0.25) is 4.55 Å². The van der Waals surface area contributed by atoms with Gasteiger partial charge in [-0.15, -0.1) is 0 Å². The number of rotatable bonds is 8. The van der Waals surface area contributed by atoms with Crippen LogP contribution in [-0.4, -0.2) is 31.4 Å². The molecule has 0 saturated carbocycles. The predicted octanol–water partition coefficient (Wildman–Crippen LogP) is 5.36. The molecule has 8 heteroatoms. The fourth-order valence-electron chi connectivity index (χ4n) is 4.42. The van der Waals surface area contributed by atoms with Crippen molar-refractivity contribution in [2.24, 2.45) is 0 Å². The van der Waals surface area contributed by atoms with Gasteiger partial charge in [-0.05, 0) is 65.6 Å². The second kappa shape index (κ2) is 10.4. The summed E-state index contributed by atoms with van der Waals surface area (Å²) in [7, 11) is 0. The molecule has 2 N–H and O–H groups in total. The van der Waals surface area contributed by atoms with E-state index in [2.05, 4.69) is 31.0 Å². The maximum Gasteiger partial charge on any atom is 0.341 e. The average molecular weight is 481 g/mol. The second-order valence-corrected chi connectivity index (χ2v) is 9.51. The molecule has 2 aromatic carbocycles. The fourth-order valence-corrected chi connectivity index (χ4v) is 5.13. The van der Waals surface area contributed by atoms with Crippen molar-refractivity contribution in [3.05, 3.63) is 77.5 Å². The Morgan fingerprint density at radius 2 is 1.97 bits per heavy atom. The van der Waals surface area contributed by atoms with Crippen LogP contribution in [0.3, 0.4) is 0 Å². The van der Waals surface area contributed by atoms with E-state index in [1.54, 1.807) is 24.4 Å². The summed E-state index contributed by atoms with van der Waals surface area (Å²) < 4.78 is 29.6. The third-order valence-electron chi connectivity index (χ3n) is 6.10. The Morgan fingerprint density at radius 1 is 1.18 bits per heavy atom. The number of aliphatic carboxylic acids is 1. The molecule has 178 valence electrons. The number of hydrogen-bond donors (Lipinski definition) is 2. The van der Waals surface area contributed by atoms with Crippen molar-refractivity contribution in [3.8, 4) is 16.9 Å². The molecule has 7 nitrogen and oxygen atoms in total. The summed E-state index contributed by atoms with van der Waals surface area (Å²) in [5.74, 6) is 0.266. The number of carboxylic acid groups (broad SMARTS) is 1. The van der Waals surface area contributed by atoms with Crippen molar-refractivity contribution in [2.75, 3.05) is 10.9 Å². The van der Waals surface area contributed by atoms with Gasteiger partial charge in [-0.2, -0.15) is 0 Å². The average Bonchev–Trinajstić information content (AvgIpc) is 2.83. The summed E-state index contributed by atoms with van der Waals surface area (Å²) >= 11 is -2.30. The van der Waals surface area contributed by atoms with Crippen LogP contribution >= 0.6 is 0 Å². The third kappa shape index (κ3) is 5.13. The van der Waals surface area contributed by atoms with Crippen LogP contribution in [0.5, 0.6) is 5.75 Å². The Bertz CT molecular complexity index is 1200. The summed E-state index contributed by atoms with van der Waals surface area (Å²) in [6.45, 7) is 3.86. The lowest BCUT2D eigenvalue weighted by atomic mass is 9.87. The minimum Gasteiger partial charge on any atom is -0.482 e. The molecule has 0 saturated heterocycles. The number of pyridine rings is 1. The fraction of sp³-hybridized carbons (Fsp3) is 0.308. The normalized spacial score (nSPS) is 16.1. The van der Waals surface area contributed by atoms with Crippen LogP contribution in [-0.2, 0) is 22.5 Å². The number of nitrogens with zero attached hydrogens (tertiary/aromatic N) is 2. The monoisotopic (exact) mass is 480 g/mol. The van der Waals surface area contributed by atoms with Crippen molar-refractivity contribution in [2.45, 2.75) is 45.1 Å². The zero-order valence-electron chi connectivity index (χ0n) is 19.2. The van der Waals surface area contributed by atoms with E-state index >= 15 is 0 Å². The molecule has 1 aliphatic rings. The smallest absolute Gasteiger partial charge is 0.341 e. The molecular formula is C26H28N2O5S. The van der Waals surface area contributed by atoms with E-state index < -0.39 is 23.8 Å². The standard InChI is InChI=1S/C26H28N2O5S/c1-17(2)18-6-3-7-19(14-18)20-12-13-25(27-15-20)28(34(31)32)23-10-4-9-22-21(23)8-5-11-24(22)33-16-26(29)30/h3,5-8,11-15,17,23H,4,9-10,16H2,1-2H3,(H,29,30)(H,31,32). The molecule has 4 rings (SSSR count). The van der Waals surface area contributed by atoms with Gasteiger partial charge in [0, 0.05) is 11.8 Å². The molecule has 1 aromatic heterocycles. The first-order chi connectivity index (χ1) is 16.3. The van der Waals surface area contributed by atoms with E-state index in [9.17, 15) is 13.6 Å². The quantitative estimate of drug-likeness (QED) is 0.421. The van der Waals surface area contributed by atoms with Crippen molar-refractivity contribution < 1.29 is 23.4 Å². The number of carboxylic acids is 1. The molecule has 1 aliphatic carbocycles. The first-order valence-electron chi connectivity index (χ1n) is 11.3. The molecule has 0 spiro atoms. The molecule has 34 heavy (non-hydrogen) atoms. The molecule has 3 aromatic rings. The molecule has 2 unspecified atom stereocenters. The van der Waals surface area contributed by atoms with Gasteiger partial charge in [0.2, 0.25) is 0 Å². The minimum absolute atomic E-state index is 0.384. The summed E-state index contributed by atoms with van der Waals surface area (Å²) in [6.07, 6.45) is 3.89. The van der Waals surface area contributed by atoms with Crippen LogP contribution in [0.2, 0.25) is 0 Å². The predicted molar refractivity (Wildman–Crippen MR) is 132 cm³/mol. The number of carbonyl (C=O) groups is 1. The minimum atomic E-state index is -2.30. The van der Waals surface area contributed by atoms with Crippen LogP contribution in [0.4, 0.5) is 5.82 Å². The van der Waals surface area contributed by atoms with Crippen LogP contribution in [0.25, 0.3) is 11.1 Å². The van der Waals surface area contributed by atoms with E-state index in [4.69, 9.17) is 9.84 Å². The van der Waals surface area contributed by atoms with Gasteiger partial charge in [-0.1, -0.05) is 50.2 Å². The van der Waals surface area contributed by atoms with Crippen molar-refractivity contribution >= 4 is 23.1 Å². The number of anilines is 1. The molecular weight excluding hydrogens is 452 g/mol. The second-order valence-electron chi connectivity index (χ2n) is 8.66. The van der Waals surface area contributed by atoms with Gasteiger partial charge in [0.1, 0.15) is 11.6 Å². The van der Waals surface area contributed by atoms with Gasteiger partial charge in [-0.25, -0.2) is 18.3 Å². The third-order valence-corrected chi connectivity index (χ3v) is 6.87. The van der Waals surface area contributed by atoms with Gasteiger partial charge >= 0.3 is 5.97 Å². The van der Waals surface area contributed by atoms with Crippen molar-refractivity contribution in [3.63, 3.8) is 0 Å². The number of ether oxygens (including phenoxy) is 1. The summed E-state index contributed by atoms with van der Waals surface area (Å²) in [5.41, 5.74) is 4.94. The topological polar surface area (TPSA) is 100.0 Å². The Labute approximate surface area is 201 Å². The number of fused-ring (bicyclic) bond motifs is 1. The van der Waals surface area contributed by atoms with Crippen LogP contribution in [0.15, 0.2) is 60.8 Å². The van der Waals surface area contributed by atoms with E-state index in [0.29, 0.717) is 30.3 Å².